The van der Waals surface area contributed by atoms with Crippen molar-refractivity contribution in [3.05, 3.63) is 39.4 Å². The molecule has 0 aliphatic heterocycles. The van der Waals surface area contributed by atoms with Crippen molar-refractivity contribution in [1.82, 2.24) is 10.2 Å². The van der Waals surface area contributed by atoms with Crippen molar-refractivity contribution >= 4 is 17.7 Å². The molecule has 2 amide bonds. The number of amides is 2. The maximum absolute atomic E-state index is 11.9. The van der Waals surface area contributed by atoms with E-state index in [0.29, 0.717) is 11.1 Å². The molecule has 1 unspecified atom stereocenters. The van der Waals surface area contributed by atoms with Crippen molar-refractivity contribution in [3.63, 3.8) is 0 Å². The fourth-order valence-corrected chi connectivity index (χ4v) is 1.84. The van der Waals surface area contributed by atoms with Crippen LogP contribution in [-0.4, -0.2) is 40.5 Å². The van der Waals surface area contributed by atoms with E-state index in [9.17, 15) is 19.7 Å². The van der Waals surface area contributed by atoms with Gasteiger partial charge in [0.15, 0.2) is 0 Å². The Bertz CT molecular complexity index is 588. The first-order valence-corrected chi connectivity index (χ1v) is 6.70. The van der Waals surface area contributed by atoms with Gasteiger partial charge in [-0.3, -0.25) is 14.9 Å². The third-order valence-electron chi connectivity index (χ3n) is 3.28. The summed E-state index contributed by atoms with van der Waals surface area (Å²) in [5.74, 6) is -0.984. The minimum Gasteiger partial charge on any atom is -0.481 e. The Morgan fingerprint density at radius 1 is 1.45 bits per heavy atom. The third-order valence-corrected chi connectivity index (χ3v) is 3.28. The number of hydrogen-bond donors (Lipinski definition) is 2. The molecular weight excluding hydrogens is 290 g/mol. The highest BCUT2D eigenvalue weighted by atomic mass is 16.6. The lowest BCUT2D eigenvalue weighted by Crippen LogP contribution is -2.39. The Morgan fingerprint density at radius 2 is 2.09 bits per heavy atom. The maximum atomic E-state index is 11.9. The molecule has 0 saturated carbocycles. The van der Waals surface area contributed by atoms with Gasteiger partial charge >= 0.3 is 12.0 Å². The van der Waals surface area contributed by atoms with Gasteiger partial charge in [0.25, 0.3) is 5.69 Å². The minimum absolute atomic E-state index is 0.00201. The van der Waals surface area contributed by atoms with Crippen LogP contribution in [0.25, 0.3) is 0 Å². The number of nitrogens with zero attached hydrogens (tertiary/aromatic N) is 2. The topological polar surface area (TPSA) is 113 Å². The average Bonchev–Trinajstić information content (AvgIpc) is 2.44. The van der Waals surface area contributed by atoms with Crippen LogP contribution >= 0.6 is 0 Å². The number of nitro groups is 1. The molecule has 8 heteroatoms. The molecule has 0 spiro atoms. The number of nitrogens with one attached hydrogen (secondary N) is 1. The van der Waals surface area contributed by atoms with Gasteiger partial charge in [0, 0.05) is 25.2 Å². The summed E-state index contributed by atoms with van der Waals surface area (Å²) in [5.41, 5.74) is 1.15. The molecule has 1 rings (SSSR count). The van der Waals surface area contributed by atoms with E-state index in [-0.39, 0.29) is 18.7 Å². The summed E-state index contributed by atoms with van der Waals surface area (Å²) in [6, 6.07) is 3.91. The molecular formula is C14H19N3O5. The predicted octanol–water partition coefficient (Wildman–Crippen LogP) is 2.08. The van der Waals surface area contributed by atoms with Crippen molar-refractivity contribution in [2.24, 2.45) is 0 Å². The molecule has 1 aromatic rings. The van der Waals surface area contributed by atoms with Crippen molar-refractivity contribution < 1.29 is 19.6 Å². The normalized spacial score (nSPS) is 11.6. The number of nitro benzene ring substituents is 1. The van der Waals surface area contributed by atoms with Crippen LogP contribution < -0.4 is 5.32 Å². The Morgan fingerprint density at radius 3 is 2.64 bits per heavy atom. The molecule has 0 aliphatic carbocycles. The summed E-state index contributed by atoms with van der Waals surface area (Å²) in [4.78, 5) is 34.1. The van der Waals surface area contributed by atoms with Gasteiger partial charge in [0.2, 0.25) is 0 Å². The zero-order valence-electron chi connectivity index (χ0n) is 12.7. The molecule has 0 aliphatic rings. The van der Waals surface area contributed by atoms with Crippen LogP contribution in [0.2, 0.25) is 0 Å². The summed E-state index contributed by atoms with van der Waals surface area (Å²) in [5, 5.41) is 22.2. The summed E-state index contributed by atoms with van der Waals surface area (Å²) in [7, 11) is 1.49. The second-order valence-corrected chi connectivity index (χ2v) is 5.04. The Balaban J connectivity index is 2.74. The van der Waals surface area contributed by atoms with Crippen LogP contribution in [0.4, 0.5) is 10.5 Å². The molecule has 1 atom stereocenters. The monoisotopic (exact) mass is 309 g/mol. The highest BCUT2D eigenvalue weighted by Gasteiger charge is 2.17. The van der Waals surface area contributed by atoms with Crippen LogP contribution in [0, 0.1) is 17.0 Å². The van der Waals surface area contributed by atoms with E-state index in [4.69, 9.17) is 5.11 Å². The minimum atomic E-state index is -0.984. The van der Waals surface area contributed by atoms with Crippen LogP contribution in [-0.2, 0) is 4.79 Å². The van der Waals surface area contributed by atoms with Gasteiger partial charge < -0.3 is 15.3 Å². The van der Waals surface area contributed by atoms with Crippen LogP contribution in [0.3, 0.4) is 0 Å². The number of carbonyl (C=O) groups is 2. The highest BCUT2D eigenvalue weighted by Crippen LogP contribution is 2.23. The highest BCUT2D eigenvalue weighted by molar-refractivity contribution is 5.75. The van der Waals surface area contributed by atoms with Crippen molar-refractivity contribution in [2.45, 2.75) is 26.3 Å². The van der Waals surface area contributed by atoms with Crippen molar-refractivity contribution in [3.8, 4) is 0 Å². The lowest BCUT2D eigenvalue weighted by atomic mass is 10.0. The number of carboxylic acid groups (broad SMARTS) is 1. The predicted molar refractivity (Wildman–Crippen MR) is 79.7 cm³/mol. The van der Waals surface area contributed by atoms with E-state index >= 15 is 0 Å². The Labute approximate surface area is 127 Å². The maximum Gasteiger partial charge on any atom is 0.317 e. The number of aryl methyl sites for hydroxylation is 1. The van der Waals surface area contributed by atoms with Crippen molar-refractivity contribution in [1.29, 1.82) is 0 Å². The number of urea groups is 1. The molecule has 0 fully saturated rings. The molecule has 22 heavy (non-hydrogen) atoms. The standard InChI is InChI=1S/C14H19N3O5/c1-9-4-5-11(8-12(9)17(21)22)10(2)15-14(20)16(3)7-6-13(18)19/h4-5,8,10H,6-7H2,1-3H3,(H,15,20)(H,18,19). The smallest absolute Gasteiger partial charge is 0.317 e. The number of carbonyl (C=O) groups excluding carboxylic acids is 1. The lowest BCUT2D eigenvalue weighted by Gasteiger charge is -2.21. The molecule has 0 bridgehead atoms. The first-order chi connectivity index (χ1) is 10.2. The molecule has 1 aromatic carbocycles. The number of aliphatic carboxylic acids is 1. The van der Waals surface area contributed by atoms with Gasteiger partial charge in [-0.05, 0) is 19.4 Å². The lowest BCUT2D eigenvalue weighted by molar-refractivity contribution is -0.385. The number of rotatable bonds is 6. The molecule has 0 aromatic heterocycles. The average molecular weight is 309 g/mol. The Hall–Kier alpha value is -2.64. The second-order valence-electron chi connectivity index (χ2n) is 5.04. The van der Waals surface area contributed by atoms with Gasteiger partial charge in [-0.25, -0.2) is 4.79 Å². The zero-order chi connectivity index (χ0) is 16.9. The van der Waals surface area contributed by atoms with Gasteiger partial charge in [-0.15, -0.1) is 0 Å². The Kier molecular flexibility index (Phi) is 5.85. The van der Waals surface area contributed by atoms with Crippen molar-refractivity contribution in [2.75, 3.05) is 13.6 Å². The van der Waals surface area contributed by atoms with E-state index in [0.717, 1.165) is 0 Å². The van der Waals surface area contributed by atoms with E-state index in [1.807, 2.05) is 0 Å². The third kappa shape index (κ3) is 4.72. The van der Waals surface area contributed by atoms with E-state index < -0.39 is 23.0 Å². The molecule has 0 radical (unpaired) electrons. The first-order valence-electron chi connectivity index (χ1n) is 6.70. The summed E-state index contributed by atoms with van der Waals surface area (Å²) >= 11 is 0. The fraction of sp³-hybridized carbons (Fsp3) is 0.429. The van der Waals surface area contributed by atoms with Gasteiger partial charge in [-0.2, -0.15) is 0 Å². The fourth-order valence-electron chi connectivity index (χ4n) is 1.84. The van der Waals surface area contributed by atoms with Gasteiger partial charge in [-0.1, -0.05) is 12.1 Å². The molecule has 2 N–H and O–H groups in total. The first kappa shape index (κ1) is 17.4. The zero-order valence-corrected chi connectivity index (χ0v) is 12.7. The van der Waals surface area contributed by atoms with E-state index in [1.165, 1.54) is 18.0 Å². The summed E-state index contributed by atoms with van der Waals surface area (Å²) in [6.45, 7) is 3.43. The SMILES string of the molecule is Cc1ccc(C(C)NC(=O)N(C)CCC(=O)O)cc1[N+](=O)[O-]. The van der Waals surface area contributed by atoms with E-state index in [1.54, 1.807) is 26.0 Å². The van der Waals surface area contributed by atoms with Crippen LogP contribution in [0.5, 0.6) is 0 Å². The molecule has 120 valence electrons. The summed E-state index contributed by atoms with van der Waals surface area (Å²) in [6.07, 6.45) is -0.145. The van der Waals surface area contributed by atoms with Crippen LogP contribution in [0.1, 0.15) is 30.5 Å². The quantitative estimate of drug-likeness (QED) is 0.617. The number of benzene rings is 1. The largest absolute Gasteiger partial charge is 0.481 e. The molecule has 0 saturated heterocycles. The molecule has 8 nitrogen and oxygen atoms in total. The van der Waals surface area contributed by atoms with Gasteiger partial charge in [0.1, 0.15) is 0 Å². The number of hydrogen-bond acceptors (Lipinski definition) is 4. The van der Waals surface area contributed by atoms with E-state index in [2.05, 4.69) is 5.32 Å². The van der Waals surface area contributed by atoms with Gasteiger partial charge in [0.05, 0.1) is 17.4 Å². The summed E-state index contributed by atoms with van der Waals surface area (Å²) < 4.78 is 0. The second kappa shape index (κ2) is 7.39. The van der Waals surface area contributed by atoms with Crippen LogP contribution in [0.15, 0.2) is 18.2 Å². The molecule has 0 heterocycles. The number of carboxylic acids is 1.